The molecular weight excluding hydrogens is 524 g/mol. The van der Waals surface area contributed by atoms with Crippen molar-refractivity contribution in [2.45, 2.75) is 90.2 Å². The zero-order chi connectivity index (χ0) is 29.8. The fraction of sp³-hybridized carbons (Fsp3) is 0.656. The zero-order valence-electron chi connectivity index (χ0n) is 25.2. The minimum Gasteiger partial charge on any atom is -0.460 e. The van der Waals surface area contributed by atoms with Crippen LogP contribution in [0.3, 0.4) is 0 Å². The topological polar surface area (TPSA) is 103 Å². The number of carbonyl (C=O) groups excluding carboxylic acids is 3. The lowest BCUT2D eigenvalue weighted by atomic mass is 10.1. The van der Waals surface area contributed by atoms with Crippen LogP contribution in [0.1, 0.15) is 77.7 Å². The summed E-state index contributed by atoms with van der Waals surface area (Å²) in [5, 5.41) is 2.64. The van der Waals surface area contributed by atoms with Gasteiger partial charge in [0.25, 0.3) is 0 Å². The van der Waals surface area contributed by atoms with Crippen molar-refractivity contribution in [3.63, 3.8) is 0 Å². The van der Waals surface area contributed by atoms with E-state index in [4.69, 9.17) is 18.9 Å². The van der Waals surface area contributed by atoms with E-state index < -0.39 is 23.7 Å². The molecule has 1 N–H and O–H groups in total. The number of hydrogen-bond acceptors (Lipinski definition) is 7. The van der Waals surface area contributed by atoms with Crippen LogP contribution in [0.2, 0.25) is 0 Å². The minimum absolute atomic E-state index is 0.0203. The quantitative estimate of drug-likeness (QED) is 0.335. The number of amides is 2. The molecule has 1 aromatic carbocycles. The molecule has 0 saturated carbocycles. The van der Waals surface area contributed by atoms with E-state index in [2.05, 4.69) is 5.32 Å². The van der Waals surface area contributed by atoms with Crippen LogP contribution in [-0.2, 0) is 35.0 Å². The summed E-state index contributed by atoms with van der Waals surface area (Å²) in [5.74, 6) is -0.615. The molecule has 9 nitrogen and oxygen atoms in total. The number of benzene rings is 1. The maximum absolute atomic E-state index is 12.9. The molecule has 0 aromatic heterocycles. The van der Waals surface area contributed by atoms with Gasteiger partial charge in [0.2, 0.25) is 5.91 Å². The molecule has 1 aromatic rings. The van der Waals surface area contributed by atoms with Gasteiger partial charge in [-0.1, -0.05) is 62.1 Å². The highest BCUT2D eigenvalue weighted by molar-refractivity contribution is 5.82. The summed E-state index contributed by atoms with van der Waals surface area (Å²) in [6.07, 6.45) is 11.6. The Morgan fingerprint density at radius 2 is 1.56 bits per heavy atom. The van der Waals surface area contributed by atoms with Gasteiger partial charge >= 0.3 is 12.1 Å². The lowest BCUT2D eigenvalue weighted by molar-refractivity contribution is -0.145. The summed E-state index contributed by atoms with van der Waals surface area (Å²) in [6.45, 7) is 8.46. The van der Waals surface area contributed by atoms with Crippen LogP contribution in [0.15, 0.2) is 42.5 Å². The molecule has 230 valence electrons. The van der Waals surface area contributed by atoms with Crippen molar-refractivity contribution in [2.75, 3.05) is 46.1 Å². The lowest BCUT2D eigenvalue weighted by Gasteiger charge is -2.23. The number of alkyl carbamates (subject to hydrolysis) is 1. The number of carbonyl (C=O) groups is 3. The lowest BCUT2D eigenvalue weighted by Crippen LogP contribution is -2.45. The molecule has 1 atom stereocenters. The average Bonchev–Trinajstić information content (AvgIpc) is 2.92. The number of hydrogen-bond donors (Lipinski definition) is 1. The Hall–Kier alpha value is -2.91. The first kappa shape index (κ1) is 34.3. The van der Waals surface area contributed by atoms with E-state index >= 15 is 0 Å². The van der Waals surface area contributed by atoms with Gasteiger partial charge in [0.05, 0.1) is 0 Å². The molecule has 2 amide bonds. The summed E-state index contributed by atoms with van der Waals surface area (Å²) in [5.41, 5.74) is 0.193. The molecule has 0 spiro atoms. The van der Waals surface area contributed by atoms with Gasteiger partial charge in [-0.05, 0) is 58.1 Å². The fourth-order valence-electron chi connectivity index (χ4n) is 4.29. The maximum Gasteiger partial charge on any atom is 0.408 e. The predicted molar refractivity (Wildman–Crippen MR) is 159 cm³/mol. The third-order valence-electron chi connectivity index (χ3n) is 6.44. The molecule has 0 bridgehead atoms. The molecular formula is C32H50N2O7. The summed E-state index contributed by atoms with van der Waals surface area (Å²) in [6, 6.07) is 8.50. The molecule has 0 aliphatic carbocycles. The second-order valence-corrected chi connectivity index (χ2v) is 11.3. The number of esters is 1. The highest BCUT2D eigenvalue weighted by Gasteiger charge is 2.25. The van der Waals surface area contributed by atoms with Crippen molar-refractivity contribution >= 4 is 18.0 Å². The Morgan fingerprint density at radius 1 is 0.927 bits per heavy atom. The van der Waals surface area contributed by atoms with Crippen molar-refractivity contribution in [2.24, 2.45) is 0 Å². The van der Waals surface area contributed by atoms with Crippen molar-refractivity contribution in [1.29, 1.82) is 0 Å². The van der Waals surface area contributed by atoms with Gasteiger partial charge in [-0.25, -0.2) is 9.59 Å². The standard InChI is InChI=1S/C32H50N2O7/c1-32(2,3)41-31(37)33-28(25-27-17-9-8-10-18-27)30(36)40-24-16-12-20-34-19-11-15-22-38-21-13-6-4-5-7-14-23-39-26-29(34)35/h8-10,12,16-18,28H,4-7,11,13-15,19-26H2,1-3H3,(H,33,37)/b16-12+/t28-/m0/s1. The summed E-state index contributed by atoms with van der Waals surface area (Å²) in [7, 11) is 0. The number of nitrogens with one attached hydrogen (secondary N) is 1. The van der Waals surface area contributed by atoms with Crippen LogP contribution in [0.5, 0.6) is 0 Å². The van der Waals surface area contributed by atoms with Gasteiger partial charge in [0.1, 0.15) is 24.9 Å². The summed E-state index contributed by atoms with van der Waals surface area (Å²) < 4.78 is 22.2. The van der Waals surface area contributed by atoms with Crippen molar-refractivity contribution < 1.29 is 33.3 Å². The van der Waals surface area contributed by atoms with E-state index in [1.165, 1.54) is 19.3 Å². The monoisotopic (exact) mass is 574 g/mol. The molecule has 2 rings (SSSR count). The van der Waals surface area contributed by atoms with E-state index in [1.54, 1.807) is 31.7 Å². The Morgan fingerprint density at radius 3 is 2.24 bits per heavy atom. The second-order valence-electron chi connectivity index (χ2n) is 11.3. The smallest absolute Gasteiger partial charge is 0.408 e. The number of rotatable bonds is 8. The molecule has 1 fully saturated rings. The maximum atomic E-state index is 12.9. The van der Waals surface area contributed by atoms with Gasteiger partial charge in [-0.2, -0.15) is 0 Å². The average molecular weight is 575 g/mol. The number of nitrogens with zero attached hydrogens (tertiary/aromatic N) is 1. The van der Waals surface area contributed by atoms with Gasteiger partial charge in [-0.3, -0.25) is 4.79 Å². The van der Waals surface area contributed by atoms with E-state index in [0.717, 1.165) is 44.3 Å². The molecule has 9 heteroatoms. The molecule has 1 aliphatic heterocycles. The van der Waals surface area contributed by atoms with Crippen LogP contribution in [-0.4, -0.2) is 80.6 Å². The highest BCUT2D eigenvalue weighted by atomic mass is 16.6. The third kappa shape index (κ3) is 16.8. The van der Waals surface area contributed by atoms with Gasteiger partial charge in [-0.15, -0.1) is 0 Å². The van der Waals surface area contributed by atoms with E-state index in [-0.39, 0.29) is 25.5 Å². The van der Waals surface area contributed by atoms with Crippen molar-refractivity contribution in [3.8, 4) is 0 Å². The van der Waals surface area contributed by atoms with Gasteiger partial charge in [0, 0.05) is 39.3 Å². The van der Waals surface area contributed by atoms with E-state index in [1.807, 2.05) is 36.4 Å². The summed E-state index contributed by atoms with van der Waals surface area (Å²) in [4.78, 5) is 39.8. The third-order valence-corrected chi connectivity index (χ3v) is 6.44. The van der Waals surface area contributed by atoms with Crippen LogP contribution < -0.4 is 5.32 Å². The van der Waals surface area contributed by atoms with E-state index in [9.17, 15) is 14.4 Å². The largest absolute Gasteiger partial charge is 0.460 e. The molecule has 41 heavy (non-hydrogen) atoms. The molecule has 0 radical (unpaired) electrons. The Balaban J connectivity index is 1.88. The minimum atomic E-state index is -0.900. The number of ether oxygens (including phenoxy) is 4. The van der Waals surface area contributed by atoms with Crippen LogP contribution >= 0.6 is 0 Å². The van der Waals surface area contributed by atoms with Crippen molar-refractivity contribution in [3.05, 3.63) is 48.0 Å². The Kier molecular flexibility index (Phi) is 16.8. The molecule has 1 saturated heterocycles. The normalized spacial score (nSPS) is 17.9. The second kappa shape index (κ2) is 20.0. The Bertz CT molecular complexity index is 914. The predicted octanol–water partition coefficient (Wildman–Crippen LogP) is 5.22. The molecule has 0 unspecified atom stereocenters. The van der Waals surface area contributed by atoms with Crippen LogP contribution in [0, 0.1) is 0 Å². The summed E-state index contributed by atoms with van der Waals surface area (Å²) >= 11 is 0. The first-order chi connectivity index (χ1) is 19.7. The van der Waals surface area contributed by atoms with Crippen LogP contribution in [0.4, 0.5) is 4.79 Å². The SMILES string of the molecule is CC(C)(C)OC(=O)N[C@@H](Cc1ccccc1)C(=O)OC/C=C/CN1CCCCOCCCCCCCCOCC1=O. The zero-order valence-corrected chi connectivity index (χ0v) is 25.2. The first-order valence-corrected chi connectivity index (χ1v) is 15.0. The van der Waals surface area contributed by atoms with Crippen LogP contribution in [0.25, 0.3) is 0 Å². The highest BCUT2D eigenvalue weighted by Crippen LogP contribution is 2.10. The Labute approximate surface area is 245 Å². The molecule has 1 aliphatic rings. The van der Waals surface area contributed by atoms with Gasteiger partial charge in [0.15, 0.2) is 0 Å². The van der Waals surface area contributed by atoms with E-state index in [0.29, 0.717) is 26.3 Å². The van der Waals surface area contributed by atoms with Crippen molar-refractivity contribution in [1.82, 2.24) is 10.2 Å². The van der Waals surface area contributed by atoms with Gasteiger partial charge < -0.3 is 29.2 Å². The fourth-order valence-corrected chi connectivity index (χ4v) is 4.29. The molecule has 1 heterocycles. The first-order valence-electron chi connectivity index (χ1n) is 15.0.